The van der Waals surface area contributed by atoms with E-state index in [-0.39, 0.29) is 22.4 Å². The number of aromatic nitrogens is 2. The first-order chi connectivity index (χ1) is 14.8. The van der Waals surface area contributed by atoms with Gasteiger partial charge in [-0.25, -0.2) is 14.2 Å². The largest absolute Gasteiger partial charge is 0.444 e. The Morgan fingerprint density at radius 2 is 1.78 bits per heavy atom. The summed E-state index contributed by atoms with van der Waals surface area (Å²) in [6.07, 6.45) is -5.47. The van der Waals surface area contributed by atoms with Gasteiger partial charge in [-0.15, -0.1) is 0 Å². The lowest BCUT2D eigenvalue weighted by Gasteiger charge is -2.23. The molecule has 0 unspecified atom stereocenters. The summed E-state index contributed by atoms with van der Waals surface area (Å²) in [7, 11) is 0. The van der Waals surface area contributed by atoms with Crippen LogP contribution >= 0.6 is 0 Å². The zero-order valence-corrected chi connectivity index (χ0v) is 17.7. The summed E-state index contributed by atoms with van der Waals surface area (Å²) >= 11 is 0. The molecule has 0 aliphatic carbocycles. The third-order valence-electron chi connectivity index (χ3n) is 4.42. The van der Waals surface area contributed by atoms with Gasteiger partial charge >= 0.3 is 12.3 Å². The molecular formula is C22H21F4N3O3. The maximum atomic E-state index is 14.4. The van der Waals surface area contributed by atoms with Crippen LogP contribution < -0.4 is 10.9 Å². The molecule has 1 amide bonds. The SMILES string of the molecule is C[C@H](NC(=O)OC(C)(C)C)c1nc2cccc(F)c2c(=O)n1-c1cccc(C(F)(F)F)c1. The molecule has 0 saturated carbocycles. The van der Waals surface area contributed by atoms with Crippen molar-refractivity contribution >= 4 is 17.0 Å². The molecule has 1 N–H and O–H groups in total. The van der Waals surface area contributed by atoms with E-state index in [2.05, 4.69) is 10.3 Å². The summed E-state index contributed by atoms with van der Waals surface area (Å²) in [4.78, 5) is 29.7. The van der Waals surface area contributed by atoms with Crippen LogP contribution in [0, 0.1) is 5.82 Å². The molecule has 0 aliphatic heterocycles. The molecule has 32 heavy (non-hydrogen) atoms. The summed E-state index contributed by atoms with van der Waals surface area (Å²) in [5.41, 5.74) is -2.86. The number of alkyl halides is 3. The van der Waals surface area contributed by atoms with Crippen LogP contribution in [-0.4, -0.2) is 21.2 Å². The monoisotopic (exact) mass is 451 g/mol. The molecule has 1 aromatic heterocycles. The molecular weight excluding hydrogens is 430 g/mol. The Morgan fingerprint density at radius 1 is 1.12 bits per heavy atom. The second kappa shape index (κ2) is 8.25. The lowest BCUT2D eigenvalue weighted by molar-refractivity contribution is -0.137. The molecule has 3 rings (SSSR count). The molecule has 0 spiro atoms. The second-order valence-corrected chi connectivity index (χ2v) is 8.16. The molecule has 0 bridgehead atoms. The molecule has 0 radical (unpaired) electrons. The van der Waals surface area contributed by atoms with Crippen molar-refractivity contribution < 1.29 is 27.1 Å². The molecule has 170 valence electrons. The summed E-state index contributed by atoms with van der Waals surface area (Å²) in [5.74, 6) is -0.946. The van der Waals surface area contributed by atoms with Crippen molar-refractivity contribution in [3.05, 3.63) is 70.0 Å². The summed E-state index contributed by atoms with van der Waals surface area (Å²) in [6.45, 7) is 6.47. The van der Waals surface area contributed by atoms with E-state index in [1.54, 1.807) is 20.8 Å². The van der Waals surface area contributed by atoms with Crippen LogP contribution in [0.25, 0.3) is 16.6 Å². The standard InChI is InChI=1S/C22H21F4N3O3/c1-12(27-20(31)32-21(2,3)4)18-28-16-10-6-9-15(23)17(16)19(30)29(18)14-8-5-7-13(11-14)22(24,25)26/h5-12H,1-4H3,(H,27,31)/t12-/m0/s1. The normalized spacial score (nSPS) is 13.1. The van der Waals surface area contributed by atoms with Gasteiger partial charge in [0, 0.05) is 0 Å². The summed E-state index contributed by atoms with van der Waals surface area (Å²) < 4.78 is 60.2. The number of benzene rings is 2. The predicted octanol–water partition coefficient (Wildman–Crippen LogP) is 5.13. The van der Waals surface area contributed by atoms with Gasteiger partial charge in [0.1, 0.15) is 22.6 Å². The third-order valence-corrected chi connectivity index (χ3v) is 4.42. The number of carbonyl (C=O) groups excluding carboxylic acids is 1. The Balaban J connectivity index is 2.22. The maximum Gasteiger partial charge on any atom is 0.416 e. The van der Waals surface area contributed by atoms with Gasteiger partial charge in [0.15, 0.2) is 0 Å². The Kier molecular flexibility index (Phi) is 5.99. The van der Waals surface area contributed by atoms with Crippen LogP contribution in [0.1, 0.15) is 45.1 Å². The van der Waals surface area contributed by atoms with Crippen LogP contribution in [-0.2, 0) is 10.9 Å². The van der Waals surface area contributed by atoms with Crippen molar-refractivity contribution in [1.82, 2.24) is 14.9 Å². The molecule has 0 aliphatic rings. The van der Waals surface area contributed by atoms with Gasteiger partial charge in [0.05, 0.1) is 22.8 Å². The molecule has 1 heterocycles. The molecule has 2 aromatic carbocycles. The highest BCUT2D eigenvalue weighted by Crippen LogP contribution is 2.31. The number of halogens is 4. The number of nitrogens with one attached hydrogen (secondary N) is 1. The number of ether oxygens (including phenoxy) is 1. The van der Waals surface area contributed by atoms with Crippen molar-refractivity contribution in [3.63, 3.8) is 0 Å². The molecule has 10 heteroatoms. The van der Waals surface area contributed by atoms with Gasteiger partial charge in [-0.3, -0.25) is 9.36 Å². The highest BCUT2D eigenvalue weighted by Gasteiger charge is 2.31. The van der Waals surface area contributed by atoms with E-state index in [1.807, 2.05) is 0 Å². The van der Waals surface area contributed by atoms with Crippen molar-refractivity contribution in [1.29, 1.82) is 0 Å². The number of rotatable bonds is 3. The van der Waals surface area contributed by atoms with Crippen molar-refractivity contribution in [2.75, 3.05) is 0 Å². The van der Waals surface area contributed by atoms with E-state index in [0.717, 1.165) is 28.8 Å². The zero-order chi connectivity index (χ0) is 23.8. The summed E-state index contributed by atoms with van der Waals surface area (Å²) in [5, 5.41) is 2.14. The second-order valence-electron chi connectivity index (χ2n) is 8.16. The van der Waals surface area contributed by atoms with Gasteiger partial charge < -0.3 is 10.1 Å². The average molecular weight is 451 g/mol. The number of hydrogen-bond acceptors (Lipinski definition) is 4. The number of nitrogens with zero attached hydrogens (tertiary/aromatic N) is 2. The van der Waals surface area contributed by atoms with Crippen LogP contribution in [0.3, 0.4) is 0 Å². The smallest absolute Gasteiger partial charge is 0.416 e. The third kappa shape index (κ3) is 4.90. The van der Waals surface area contributed by atoms with E-state index < -0.39 is 40.9 Å². The fourth-order valence-corrected chi connectivity index (χ4v) is 3.12. The zero-order valence-electron chi connectivity index (χ0n) is 17.7. The van der Waals surface area contributed by atoms with E-state index in [1.165, 1.54) is 25.1 Å². The molecule has 0 fully saturated rings. The molecule has 0 saturated heterocycles. The first-order valence-electron chi connectivity index (χ1n) is 9.66. The summed E-state index contributed by atoms with van der Waals surface area (Å²) in [6, 6.07) is 6.88. The Labute approximate surface area is 180 Å². The average Bonchev–Trinajstić information content (AvgIpc) is 2.65. The van der Waals surface area contributed by atoms with Crippen molar-refractivity contribution in [3.8, 4) is 5.69 Å². The van der Waals surface area contributed by atoms with E-state index in [0.29, 0.717) is 0 Å². The Hall–Kier alpha value is -3.43. The maximum absolute atomic E-state index is 14.4. The topological polar surface area (TPSA) is 73.2 Å². The number of alkyl carbamates (subject to hydrolysis) is 1. The fraction of sp³-hybridized carbons (Fsp3) is 0.318. The minimum absolute atomic E-state index is 0.00562. The Morgan fingerprint density at radius 3 is 2.41 bits per heavy atom. The van der Waals surface area contributed by atoms with Crippen LogP contribution in [0.5, 0.6) is 0 Å². The number of amides is 1. The van der Waals surface area contributed by atoms with Crippen molar-refractivity contribution in [2.45, 2.75) is 45.5 Å². The lowest BCUT2D eigenvalue weighted by Crippen LogP contribution is -2.37. The van der Waals surface area contributed by atoms with Crippen LogP contribution in [0.15, 0.2) is 47.3 Å². The van der Waals surface area contributed by atoms with Gasteiger partial charge in [0.2, 0.25) is 0 Å². The highest BCUT2D eigenvalue weighted by molar-refractivity contribution is 5.79. The molecule has 1 atom stereocenters. The quantitative estimate of drug-likeness (QED) is 0.561. The van der Waals surface area contributed by atoms with Gasteiger partial charge in [-0.2, -0.15) is 13.2 Å². The minimum Gasteiger partial charge on any atom is -0.444 e. The predicted molar refractivity (Wildman–Crippen MR) is 110 cm³/mol. The number of fused-ring (bicyclic) bond motifs is 1. The van der Waals surface area contributed by atoms with Crippen LogP contribution in [0.4, 0.5) is 22.4 Å². The van der Waals surface area contributed by atoms with E-state index >= 15 is 0 Å². The first-order valence-corrected chi connectivity index (χ1v) is 9.66. The molecule has 6 nitrogen and oxygen atoms in total. The highest BCUT2D eigenvalue weighted by atomic mass is 19.4. The Bertz CT molecular complexity index is 1230. The van der Waals surface area contributed by atoms with Gasteiger partial charge in [0.25, 0.3) is 5.56 Å². The van der Waals surface area contributed by atoms with Gasteiger partial charge in [-0.1, -0.05) is 12.1 Å². The van der Waals surface area contributed by atoms with Crippen LogP contribution in [0.2, 0.25) is 0 Å². The first kappa shape index (κ1) is 23.2. The number of hydrogen-bond donors (Lipinski definition) is 1. The van der Waals surface area contributed by atoms with E-state index in [9.17, 15) is 27.2 Å². The van der Waals surface area contributed by atoms with Gasteiger partial charge in [-0.05, 0) is 58.0 Å². The molecule has 3 aromatic rings. The minimum atomic E-state index is -4.66. The number of carbonyl (C=O) groups is 1. The van der Waals surface area contributed by atoms with E-state index in [4.69, 9.17) is 4.74 Å². The lowest BCUT2D eigenvalue weighted by atomic mass is 10.1. The van der Waals surface area contributed by atoms with Crippen molar-refractivity contribution in [2.24, 2.45) is 0 Å². The fourth-order valence-electron chi connectivity index (χ4n) is 3.12.